The second-order valence-corrected chi connectivity index (χ2v) is 8.58. The standard InChI is InChI=1S/C25H25N5OS/c1-16-7-8-18(12-27-16)23-11-24(30-15-29-23)28-13-19(14-32-3)21-5-4-6-22-20(17(2)31)9-10-26-25(21)22/h4-12,15,19H,13-14H2,1-3H3,(H,28,29,30). The van der Waals surface area contributed by atoms with Crippen LogP contribution < -0.4 is 5.32 Å². The van der Waals surface area contributed by atoms with Gasteiger partial charge >= 0.3 is 0 Å². The number of benzene rings is 1. The highest BCUT2D eigenvalue weighted by atomic mass is 32.2. The third-order valence-electron chi connectivity index (χ3n) is 5.39. The summed E-state index contributed by atoms with van der Waals surface area (Å²) in [7, 11) is 0. The van der Waals surface area contributed by atoms with Gasteiger partial charge in [-0.05, 0) is 43.9 Å². The van der Waals surface area contributed by atoms with Crippen LogP contribution in [-0.2, 0) is 0 Å². The van der Waals surface area contributed by atoms with Gasteiger partial charge in [-0.1, -0.05) is 18.2 Å². The highest BCUT2D eigenvalue weighted by Crippen LogP contribution is 2.29. The van der Waals surface area contributed by atoms with E-state index in [1.807, 2.05) is 43.5 Å². The van der Waals surface area contributed by atoms with E-state index >= 15 is 0 Å². The Labute approximate surface area is 191 Å². The highest BCUT2D eigenvalue weighted by molar-refractivity contribution is 7.98. The normalized spacial score (nSPS) is 12.0. The first-order valence-corrected chi connectivity index (χ1v) is 11.8. The van der Waals surface area contributed by atoms with Crippen LogP contribution in [-0.4, -0.2) is 44.3 Å². The molecule has 4 rings (SSSR count). The van der Waals surface area contributed by atoms with Gasteiger partial charge in [-0.25, -0.2) is 9.97 Å². The third kappa shape index (κ3) is 4.78. The van der Waals surface area contributed by atoms with Crippen molar-refractivity contribution >= 4 is 34.3 Å². The number of anilines is 1. The first-order chi connectivity index (χ1) is 15.6. The van der Waals surface area contributed by atoms with Crippen molar-refractivity contribution in [2.24, 2.45) is 0 Å². The van der Waals surface area contributed by atoms with E-state index in [0.29, 0.717) is 12.1 Å². The zero-order valence-corrected chi connectivity index (χ0v) is 19.2. The van der Waals surface area contributed by atoms with E-state index in [1.165, 1.54) is 0 Å². The van der Waals surface area contributed by atoms with E-state index in [9.17, 15) is 4.79 Å². The Kier molecular flexibility index (Phi) is 6.75. The maximum Gasteiger partial charge on any atom is 0.160 e. The van der Waals surface area contributed by atoms with Crippen LogP contribution in [0, 0.1) is 6.92 Å². The Balaban J connectivity index is 1.60. The number of carbonyl (C=O) groups is 1. The second-order valence-electron chi connectivity index (χ2n) is 7.67. The molecule has 1 aromatic carbocycles. The quantitative estimate of drug-likeness (QED) is 0.377. The number of para-hydroxylation sites is 1. The molecule has 4 aromatic rings. The number of hydrogen-bond donors (Lipinski definition) is 1. The number of ketones is 1. The molecule has 0 bridgehead atoms. The number of nitrogens with one attached hydrogen (secondary N) is 1. The molecule has 32 heavy (non-hydrogen) atoms. The zero-order chi connectivity index (χ0) is 22.5. The fraction of sp³-hybridized carbons (Fsp3) is 0.240. The molecule has 3 aromatic heterocycles. The Morgan fingerprint density at radius 3 is 2.72 bits per heavy atom. The van der Waals surface area contributed by atoms with Gasteiger partial charge < -0.3 is 5.32 Å². The van der Waals surface area contributed by atoms with Crippen molar-refractivity contribution in [3.05, 3.63) is 78.0 Å². The number of hydrogen-bond acceptors (Lipinski definition) is 7. The molecule has 0 spiro atoms. The summed E-state index contributed by atoms with van der Waals surface area (Å²) in [6.07, 6.45) is 7.21. The van der Waals surface area contributed by atoms with E-state index in [2.05, 4.69) is 37.6 Å². The van der Waals surface area contributed by atoms with Crippen molar-refractivity contribution in [1.29, 1.82) is 0 Å². The summed E-state index contributed by atoms with van der Waals surface area (Å²) in [5.74, 6) is 1.92. The lowest BCUT2D eigenvalue weighted by Gasteiger charge is -2.19. The van der Waals surface area contributed by atoms with E-state index < -0.39 is 0 Å². The number of fused-ring (bicyclic) bond motifs is 1. The lowest BCUT2D eigenvalue weighted by molar-refractivity contribution is 0.101. The molecular formula is C25H25N5OS. The molecule has 0 radical (unpaired) electrons. The summed E-state index contributed by atoms with van der Waals surface area (Å²) >= 11 is 1.78. The van der Waals surface area contributed by atoms with Crippen LogP contribution in [0.2, 0.25) is 0 Å². The Morgan fingerprint density at radius 1 is 1.09 bits per heavy atom. The molecule has 0 aliphatic heterocycles. The second kappa shape index (κ2) is 9.87. The molecule has 0 amide bonds. The fourth-order valence-corrected chi connectivity index (χ4v) is 4.45. The van der Waals surface area contributed by atoms with Gasteiger partial charge in [0.05, 0.1) is 11.2 Å². The summed E-state index contributed by atoms with van der Waals surface area (Å²) in [5.41, 5.74) is 5.48. The van der Waals surface area contributed by atoms with Gasteiger partial charge in [0.2, 0.25) is 0 Å². The number of rotatable bonds is 8. The van der Waals surface area contributed by atoms with Gasteiger partial charge in [-0.15, -0.1) is 0 Å². The van der Waals surface area contributed by atoms with Crippen LogP contribution >= 0.6 is 11.8 Å². The van der Waals surface area contributed by atoms with Crippen molar-refractivity contribution in [3.8, 4) is 11.3 Å². The van der Waals surface area contributed by atoms with Crippen LogP contribution in [0.4, 0.5) is 5.82 Å². The number of aryl methyl sites for hydroxylation is 1. The summed E-state index contributed by atoms with van der Waals surface area (Å²) in [5, 5.41) is 4.37. The number of pyridine rings is 2. The summed E-state index contributed by atoms with van der Waals surface area (Å²) in [4.78, 5) is 29.8. The summed E-state index contributed by atoms with van der Waals surface area (Å²) in [6, 6.07) is 13.8. The Bertz CT molecular complexity index is 1240. The van der Waals surface area contributed by atoms with Gasteiger partial charge in [0, 0.05) is 58.9 Å². The van der Waals surface area contributed by atoms with Crippen LogP contribution in [0.25, 0.3) is 22.2 Å². The molecule has 0 aliphatic carbocycles. The smallest absolute Gasteiger partial charge is 0.160 e. The first-order valence-electron chi connectivity index (χ1n) is 10.4. The van der Waals surface area contributed by atoms with Gasteiger partial charge in [0.1, 0.15) is 12.1 Å². The third-order valence-corrected chi connectivity index (χ3v) is 6.13. The van der Waals surface area contributed by atoms with Crippen molar-refractivity contribution in [2.75, 3.05) is 23.9 Å². The van der Waals surface area contributed by atoms with E-state index in [4.69, 9.17) is 0 Å². The lowest BCUT2D eigenvalue weighted by Crippen LogP contribution is -2.16. The van der Waals surface area contributed by atoms with E-state index in [-0.39, 0.29) is 11.7 Å². The minimum absolute atomic E-state index is 0.0493. The minimum atomic E-state index is 0.0493. The van der Waals surface area contributed by atoms with Gasteiger partial charge in [-0.3, -0.25) is 14.8 Å². The topological polar surface area (TPSA) is 80.7 Å². The summed E-state index contributed by atoms with van der Waals surface area (Å²) in [6.45, 7) is 4.25. The molecular weight excluding hydrogens is 418 g/mol. The molecule has 6 nitrogen and oxygen atoms in total. The lowest BCUT2D eigenvalue weighted by atomic mass is 9.95. The maximum absolute atomic E-state index is 12.1. The number of nitrogens with zero attached hydrogens (tertiary/aromatic N) is 4. The Hall–Kier alpha value is -3.32. The molecule has 0 saturated carbocycles. The fourth-order valence-electron chi connectivity index (χ4n) is 3.75. The number of carbonyl (C=O) groups excluding carboxylic acids is 1. The average Bonchev–Trinajstić information content (AvgIpc) is 2.81. The summed E-state index contributed by atoms with van der Waals surface area (Å²) < 4.78 is 0. The van der Waals surface area contributed by atoms with Crippen molar-refractivity contribution in [2.45, 2.75) is 19.8 Å². The molecule has 0 saturated heterocycles. The minimum Gasteiger partial charge on any atom is -0.369 e. The predicted octanol–water partition coefficient (Wildman–Crippen LogP) is 5.16. The van der Waals surface area contributed by atoms with Crippen molar-refractivity contribution in [3.63, 3.8) is 0 Å². The Morgan fingerprint density at radius 2 is 1.97 bits per heavy atom. The van der Waals surface area contributed by atoms with E-state index in [1.54, 1.807) is 37.3 Å². The van der Waals surface area contributed by atoms with Crippen LogP contribution in [0.15, 0.2) is 61.2 Å². The number of Topliss-reactive ketones (excluding diaryl/α,β-unsaturated/α-hetero) is 1. The highest BCUT2D eigenvalue weighted by Gasteiger charge is 2.17. The maximum atomic E-state index is 12.1. The number of thioether (sulfide) groups is 1. The monoisotopic (exact) mass is 443 g/mol. The van der Waals surface area contributed by atoms with Crippen molar-refractivity contribution < 1.29 is 4.79 Å². The predicted molar refractivity (Wildman–Crippen MR) is 131 cm³/mol. The molecule has 0 fully saturated rings. The van der Waals surface area contributed by atoms with E-state index in [0.717, 1.165) is 45.0 Å². The largest absolute Gasteiger partial charge is 0.369 e. The molecule has 3 heterocycles. The molecule has 1 unspecified atom stereocenters. The number of aromatic nitrogens is 4. The molecule has 1 N–H and O–H groups in total. The average molecular weight is 444 g/mol. The van der Waals surface area contributed by atoms with Crippen LogP contribution in [0.1, 0.15) is 34.5 Å². The van der Waals surface area contributed by atoms with Crippen molar-refractivity contribution in [1.82, 2.24) is 19.9 Å². The first kappa shape index (κ1) is 21.9. The van der Waals surface area contributed by atoms with Gasteiger partial charge in [0.25, 0.3) is 0 Å². The molecule has 0 aliphatic rings. The zero-order valence-electron chi connectivity index (χ0n) is 18.4. The molecule has 7 heteroatoms. The SMILES string of the molecule is CSCC(CNc1cc(-c2ccc(C)nc2)ncn1)c1cccc2c(C(C)=O)ccnc12. The molecule has 162 valence electrons. The van der Waals surface area contributed by atoms with Crippen LogP contribution in [0.3, 0.4) is 0 Å². The van der Waals surface area contributed by atoms with Gasteiger partial charge in [0.15, 0.2) is 5.78 Å². The van der Waals surface area contributed by atoms with Crippen LogP contribution in [0.5, 0.6) is 0 Å². The van der Waals surface area contributed by atoms with Gasteiger partial charge in [-0.2, -0.15) is 11.8 Å². The molecule has 1 atom stereocenters.